The highest BCUT2D eigenvalue weighted by molar-refractivity contribution is 7.15. The van der Waals surface area contributed by atoms with Crippen LogP contribution in [-0.4, -0.2) is 25.6 Å². The summed E-state index contributed by atoms with van der Waals surface area (Å²) in [6.45, 7) is 1.33. The number of para-hydroxylation sites is 1. The second-order valence-corrected chi connectivity index (χ2v) is 6.43. The summed E-state index contributed by atoms with van der Waals surface area (Å²) in [6.07, 6.45) is 5.10. The topological polar surface area (TPSA) is 86.5 Å². The van der Waals surface area contributed by atoms with Crippen molar-refractivity contribution in [1.29, 1.82) is 0 Å². The Hall–Kier alpha value is -3.39. The van der Waals surface area contributed by atoms with Crippen molar-refractivity contribution >= 4 is 28.3 Å². The van der Waals surface area contributed by atoms with E-state index in [-0.39, 0.29) is 5.56 Å². The molecule has 0 radical (unpaired) electrons. The van der Waals surface area contributed by atoms with E-state index < -0.39 is 5.97 Å². The molecule has 8 heteroatoms. The summed E-state index contributed by atoms with van der Waals surface area (Å²) in [5.41, 5.74) is 1.13. The lowest BCUT2D eigenvalue weighted by molar-refractivity contribution is -0.131. The Balaban J connectivity index is 1.81. The van der Waals surface area contributed by atoms with E-state index in [1.165, 1.54) is 22.8 Å². The molecule has 0 aliphatic carbocycles. The van der Waals surface area contributed by atoms with E-state index in [0.29, 0.717) is 26.6 Å². The lowest BCUT2D eigenvalue weighted by Crippen LogP contribution is -2.23. The van der Waals surface area contributed by atoms with Crippen molar-refractivity contribution in [3.05, 3.63) is 69.2 Å². The normalized spacial score (nSPS) is 11.8. The summed E-state index contributed by atoms with van der Waals surface area (Å²) in [4.78, 5) is 32.8. The summed E-state index contributed by atoms with van der Waals surface area (Å²) >= 11 is 1.24. The van der Waals surface area contributed by atoms with Crippen LogP contribution in [-0.2, 0) is 4.79 Å². The minimum atomic E-state index is -0.434. The number of thiazole rings is 1. The molecule has 4 rings (SSSR count). The average Bonchev–Trinajstić information content (AvgIpc) is 3.16. The molecule has 0 fully saturated rings. The lowest BCUT2D eigenvalue weighted by Gasteiger charge is -2.04. The zero-order valence-corrected chi connectivity index (χ0v) is 14.4. The van der Waals surface area contributed by atoms with Crippen LogP contribution in [0.2, 0.25) is 0 Å². The number of ether oxygens (including phenoxy) is 1. The summed E-state index contributed by atoms with van der Waals surface area (Å²) in [7, 11) is 0. The molecule has 0 aliphatic heterocycles. The Bertz CT molecular complexity index is 1210. The molecule has 0 amide bonds. The fourth-order valence-electron chi connectivity index (χ4n) is 2.46. The fourth-order valence-corrected chi connectivity index (χ4v) is 3.36. The Morgan fingerprint density at radius 3 is 2.81 bits per heavy atom. The van der Waals surface area contributed by atoms with Gasteiger partial charge < -0.3 is 4.74 Å². The van der Waals surface area contributed by atoms with Crippen molar-refractivity contribution < 1.29 is 9.53 Å². The standard InChI is InChI=1S/C18H12N4O3S/c1-11(23)25-14-7-3-2-6-13(14)16-20-18-22(21-16)17(24)15(26-18)9-12-5-4-8-19-10-12/h2-10H,1H3/b15-9-. The van der Waals surface area contributed by atoms with Gasteiger partial charge in [0.2, 0.25) is 4.96 Å². The van der Waals surface area contributed by atoms with Gasteiger partial charge in [-0.2, -0.15) is 9.50 Å². The van der Waals surface area contributed by atoms with Crippen molar-refractivity contribution in [2.75, 3.05) is 0 Å². The third kappa shape index (κ3) is 2.98. The quantitative estimate of drug-likeness (QED) is 0.406. The number of pyridine rings is 1. The molecule has 1 aromatic carbocycles. The number of esters is 1. The third-order valence-corrected chi connectivity index (χ3v) is 4.50. The van der Waals surface area contributed by atoms with Gasteiger partial charge in [0.1, 0.15) is 5.75 Å². The molecule has 0 atom stereocenters. The summed E-state index contributed by atoms with van der Waals surface area (Å²) in [5.74, 6) is 0.252. The Morgan fingerprint density at radius 1 is 1.23 bits per heavy atom. The van der Waals surface area contributed by atoms with E-state index in [4.69, 9.17) is 4.74 Å². The first-order valence-corrected chi connectivity index (χ1v) is 8.52. The van der Waals surface area contributed by atoms with Gasteiger partial charge in [-0.05, 0) is 29.8 Å². The van der Waals surface area contributed by atoms with Crippen LogP contribution in [0.5, 0.6) is 5.75 Å². The minimum Gasteiger partial charge on any atom is -0.426 e. The smallest absolute Gasteiger partial charge is 0.308 e. The number of benzene rings is 1. The predicted octanol–water partition coefficient (Wildman–Crippen LogP) is 1.69. The zero-order valence-electron chi connectivity index (χ0n) is 13.6. The van der Waals surface area contributed by atoms with Crippen LogP contribution in [0.4, 0.5) is 0 Å². The molecule has 3 aromatic heterocycles. The lowest BCUT2D eigenvalue weighted by atomic mass is 10.2. The maximum Gasteiger partial charge on any atom is 0.308 e. The van der Waals surface area contributed by atoms with Gasteiger partial charge in [-0.3, -0.25) is 14.6 Å². The van der Waals surface area contributed by atoms with Crippen molar-refractivity contribution in [3.63, 3.8) is 0 Å². The van der Waals surface area contributed by atoms with Gasteiger partial charge in [-0.1, -0.05) is 29.5 Å². The SMILES string of the molecule is CC(=O)Oc1ccccc1-c1nc2s/c(=C\c3cccnc3)c(=O)n2n1. The molecule has 0 aliphatic rings. The van der Waals surface area contributed by atoms with Crippen molar-refractivity contribution in [2.45, 2.75) is 6.92 Å². The number of carbonyl (C=O) groups excluding carboxylic acids is 1. The maximum absolute atomic E-state index is 12.6. The van der Waals surface area contributed by atoms with Gasteiger partial charge in [0.15, 0.2) is 5.82 Å². The van der Waals surface area contributed by atoms with E-state index in [2.05, 4.69) is 15.1 Å². The molecular weight excluding hydrogens is 352 g/mol. The van der Waals surface area contributed by atoms with E-state index in [1.54, 1.807) is 48.8 Å². The highest BCUT2D eigenvalue weighted by Crippen LogP contribution is 2.27. The highest BCUT2D eigenvalue weighted by atomic mass is 32.1. The third-order valence-electron chi connectivity index (χ3n) is 3.55. The summed E-state index contributed by atoms with van der Waals surface area (Å²) in [5, 5.41) is 4.29. The second kappa shape index (κ2) is 6.49. The number of hydrogen-bond acceptors (Lipinski definition) is 7. The first-order chi connectivity index (χ1) is 12.6. The second-order valence-electron chi connectivity index (χ2n) is 5.42. The van der Waals surface area contributed by atoms with E-state index >= 15 is 0 Å². The van der Waals surface area contributed by atoms with Crippen LogP contribution >= 0.6 is 11.3 Å². The van der Waals surface area contributed by atoms with E-state index in [9.17, 15) is 9.59 Å². The first-order valence-electron chi connectivity index (χ1n) is 7.71. The van der Waals surface area contributed by atoms with Gasteiger partial charge in [0.25, 0.3) is 5.56 Å². The first kappa shape index (κ1) is 16.1. The number of fused-ring (bicyclic) bond motifs is 1. The van der Waals surface area contributed by atoms with Crippen LogP contribution in [0, 0.1) is 0 Å². The number of carbonyl (C=O) groups is 1. The van der Waals surface area contributed by atoms with E-state index in [0.717, 1.165) is 5.56 Å². The van der Waals surface area contributed by atoms with Gasteiger partial charge in [0.05, 0.1) is 10.1 Å². The molecule has 0 unspecified atom stereocenters. The average molecular weight is 364 g/mol. The summed E-state index contributed by atoms with van der Waals surface area (Å²) < 4.78 is 6.97. The number of nitrogens with zero attached hydrogens (tertiary/aromatic N) is 4. The molecule has 0 saturated carbocycles. The van der Waals surface area contributed by atoms with Crippen molar-refractivity contribution in [1.82, 2.24) is 19.6 Å². The molecule has 26 heavy (non-hydrogen) atoms. The van der Waals surface area contributed by atoms with Gasteiger partial charge in [-0.15, -0.1) is 5.10 Å². The number of aromatic nitrogens is 4. The van der Waals surface area contributed by atoms with Crippen LogP contribution < -0.4 is 14.8 Å². The molecule has 0 bridgehead atoms. The monoisotopic (exact) mass is 364 g/mol. The fraction of sp³-hybridized carbons (Fsp3) is 0.0556. The zero-order chi connectivity index (χ0) is 18.1. The maximum atomic E-state index is 12.6. The Kier molecular flexibility index (Phi) is 4.02. The number of hydrogen-bond donors (Lipinski definition) is 0. The van der Waals surface area contributed by atoms with Crippen LogP contribution in [0.25, 0.3) is 22.4 Å². The molecular formula is C18H12N4O3S. The van der Waals surface area contributed by atoms with Crippen molar-refractivity contribution in [3.8, 4) is 17.1 Å². The van der Waals surface area contributed by atoms with Crippen LogP contribution in [0.3, 0.4) is 0 Å². The molecule has 0 N–H and O–H groups in total. The van der Waals surface area contributed by atoms with Gasteiger partial charge in [-0.25, -0.2) is 0 Å². The molecule has 0 saturated heterocycles. The summed E-state index contributed by atoms with van der Waals surface area (Å²) in [6, 6.07) is 10.6. The Morgan fingerprint density at radius 2 is 2.08 bits per heavy atom. The molecule has 128 valence electrons. The largest absolute Gasteiger partial charge is 0.426 e. The van der Waals surface area contributed by atoms with Gasteiger partial charge >= 0.3 is 5.97 Å². The van der Waals surface area contributed by atoms with Crippen LogP contribution in [0.15, 0.2) is 53.6 Å². The van der Waals surface area contributed by atoms with E-state index in [1.807, 2.05) is 6.07 Å². The van der Waals surface area contributed by atoms with Crippen LogP contribution in [0.1, 0.15) is 12.5 Å². The molecule has 7 nitrogen and oxygen atoms in total. The minimum absolute atomic E-state index is 0.252. The molecule has 4 aromatic rings. The molecule has 0 spiro atoms. The number of rotatable bonds is 3. The van der Waals surface area contributed by atoms with Crippen molar-refractivity contribution in [2.24, 2.45) is 0 Å². The molecule has 3 heterocycles. The van der Waals surface area contributed by atoms with Gasteiger partial charge in [0, 0.05) is 19.3 Å². The predicted molar refractivity (Wildman–Crippen MR) is 96.9 cm³/mol. The highest BCUT2D eigenvalue weighted by Gasteiger charge is 2.16. The Labute approximate surface area is 151 Å².